The molecule has 0 bridgehead atoms. The fourth-order valence-electron chi connectivity index (χ4n) is 1.16. The molecule has 1 rings (SSSR count). The van der Waals surface area contributed by atoms with Crippen LogP contribution >= 0.6 is 11.6 Å². The molecule has 0 aromatic heterocycles. The van der Waals surface area contributed by atoms with Gasteiger partial charge in [-0.25, -0.2) is 4.39 Å². The Morgan fingerprint density at radius 3 is 2.58 bits per heavy atom. The second-order valence-corrected chi connectivity index (χ2v) is 3.24. The summed E-state index contributed by atoms with van der Waals surface area (Å²) in [6.07, 6.45) is 0. The average Bonchev–Trinajstić information content (AvgIpc) is 2.00. The Morgan fingerprint density at radius 1 is 1.50 bits per heavy atom. The predicted molar refractivity (Wildman–Crippen MR) is 48.7 cm³/mol. The Bertz CT molecular complexity index is 297. The summed E-state index contributed by atoms with van der Waals surface area (Å²) in [5.74, 6) is -0.390. The summed E-state index contributed by atoms with van der Waals surface area (Å²) in [6.45, 7) is 3.61. The molecule has 12 heavy (non-hydrogen) atoms. The third kappa shape index (κ3) is 1.59. The molecule has 1 aromatic rings. The Kier molecular flexibility index (Phi) is 2.70. The first-order valence-electron chi connectivity index (χ1n) is 3.74. The summed E-state index contributed by atoms with van der Waals surface area (Å²) in [5, 5.41) is 0.171. The van der Waals surface area contributed by atoms with Crippen LogP contribution in [0.4, 0.5) is 4.39 Å². The van der Waals surface area contributed by atoms with Gasteiger partial charge in [-0.15, -0.1) is 0 Å². The smallest absolute Gasteiger partial charge is 0.142 e. The van der Waals surface area contributed by atoms with Crippen LogP contribution < -0.4 is 5.73 Å². The maximum atomic E-state index is 12.9. The fraction of sp³-hybridized carbons (Fsp3) is 0.333. The van der Waals surface area contributed by atoms with Gasteiger partial charge in [0, 0.05) is 6.04 Å². The van der Waals surface area contributed by atoms with Gasteiger partial charge in [-0.1, -0.05) is 17.7 Å². The topological polar surface area (TPSA) is 26.0 Å². The molecule has 3 heteroatoms. The molecule has 0 spiro atoms. The minimum absolute atomic E-state index is 0.108. The molecule has 0 aliphatic rings. The highest BCUT2D eigenvalue weighted by Crippen LogP contribution is 2.25. The molecule has 0 radical (unpaired) electrons. The van der Waals surface area contributed by atoms with Crippen LogP contribution in [0.25, 0.3) is 0 Å². The van der Waals surface area contributed by atoms with Crippen molar-refractivity contribution in [2.75, 3.05) is 0 Å². The van der Waals surface area contributed by atoms with Crippen molar-refractivity contribution < 1.29 is 4.39 Å². The van der Waals surface area contributed by atoms with Gasteiger partial charge in [0.15, 0.2) is 0 Å². The Labute approximate surface area is 76.3 Å². The zero-order chi connectivity index (χ0) is 9.30. The lowest BCUT2D eigenvalue weighted by Crippen LogP contribution is -2.07. The summed E-state index contributed by atoms with van der Waals surface area (Å²) >= 11 is 5.70. The Balaban J connectivity index is 3.27. The summed E-state index contributed by atoms with van der Waals surface area (Å²) < 4.78 is 12.9. The lowest BCUT2D eigenvalue weighted by Gasteiger charge is -2.10. The van der Waals surface area contributed by atoms with Crippen LogP contribution in [0.3, 0.4) is 0 Å². The fourth-order valence-corrected chi connectivity index (χ4v) is 1.33. The summed E-state index contributed by atoms with van der Waals surface area (Å²) in [5.41, 5.74) is 7.27. The van der Waals surface area contributed by atoms with Gasteiger partial charge in [0.2, 0.25) is 0 Å². The average molecular weight is 188 g/mol. The van der Waals surface area contributed by atoms with E-state index in [0.717, 1.165) is 11.1 Å². The van der Waals surface area contributed by atoms with E-state index in [9.17, 15) is 4.39 Å². The van der Waals surface area contributed by atoms with Gasteiger partial charge in [0.25, 0.3) is 0 Å². The summed E-state index contributed by atoms with van der Waals surface area (Å²) in [7, 11) is 0. The standard InChI is InChI=1S/C9H11ClFN/c1-5-7(6(2)12)3-4-8(11)9(5)10/h3-4,6H,12H2,1-2H3. The molecule has 0 aliphatic carbocycles. The first-order chi connectivity index (χ1) is 5.54. The van der Waals surface area contributed by atoms with Gasteiger partial charge >= 0.3 is 0 Å². The highest BCUT2D eigenvalue weighted by molar-refractivity contribution is 6.31. The molecule has 1 unspecified atom stereocenters. The van der Waals surface area contributed by atoms with Crippen LogP contribution in [-0.4, -0.2) is 0 Å². The molecule has 0 saturated heterocycles. The van der Waals surface area contributed by atoms with Crippen LogP contribution in [-0.2, 0) is 0 Å². The molecule has 1 aromatic carbocycles. The third-order valence-electron chi connectivity index (χ3n) is 1.87. The van der Waals surface area contributed by atoms with E-state index < -0.39 is 5.82 Å². The van der Waals surface area contributed by atoms with Gasteiger partial charge in [0.1, 0.15) is 5.82 Å². The van der Waals surface area contributed by atoms with Crippen molar-refractivity contribution in [3.63, 3.8) is 0 Å². The second kappa shape index (κ2) is 3.42. The molecule has 1 nitrogen and oxygen atoms in total. The maximum Gasteiger partial charge on any atom is 0.142 e. The molecule has 0 amide bonds. The van der Waals surface area contributed by atoms with Gasteiger partial charge in [-0.05, 0) is 31.0 Å². The first-order valence-corrected chi connectivity index (χ1v) is 4.12. The van der Waals surface area contributed by atoms with Gasteiger partial charge < -0.3 is 5.73 Å². The minimum Gasteiger partial charge on any atom is -0.324 e. The molecule has 2 N–H and O–H groups in total. The molecule has 0 aliphatic heterocycles. The van der Waals surface area contributed by atoms with Crippen LogP contribution in [0, 0.1) is 12.7 Å². The highest BCUT2D eigenvalue weighted by atomic mass is 35.5. The Morgan fingerprint density at radius 2 is 2.08 bits per heavy atom. The van der Waals surface area contributed by atoms with Crippen molar-refractivity contribution in [2.24, 2.45) is 5.73 Å². The van der Waals surface area contributed by atoms with E-state index in [4.69, 9.17) is 17.3 Å². The van der Waals surface area contributed by atoms with Crippen LogP contribution in [0.2, 0.25) is 5.02 Å². The number of rotatable bonds is 1. The zero-order valence-corrected chi connectivity index (χ0v) is 7.82. The van der Waals surface area contributed by atoms with Gasteiger partial charge in [-0.2, -0.15) is 0 Å². The Hall–Kier alpha value is -0.600. The first kappa shape index (κ1) is 9.49. The van der Waals surface area contributed by atoms with Crippen LogP contribution in [0.15, 0.2) is 12.1 Å². The van der Waals surface area contributed by atoms with E-state index in [1.54, 1.807) is 13.0 Å². The monoisotopic (exact) mass is 187 g/mol. The number of halogens is 2. The van der Waals surface area contributed by atoms with Gasteiger partial charge in [0.05, 0.1) is 5.02 Å². The minimum atomic E-state index is -0.390. The SMILES string of the molecule is Cc1c(C(C)N)ccc(F)c1Cl. The lowest BCUT2D eigenvalue weighted by atomic mass is 10.0. The normalized spacial score (nSPS) is 13.1. The van der Waals surface area contributed by atoms with E-state index in [1.807, 2.05) is 6.92 Å². The van der Waals surface area contributed by atoms with Crippen molar-refractivity contribution in [2.45, 2.75) is 19.9 Å². The molecular weight excluding hydrogens is 177 g/mol. The number of benzene rings is 1. The third-order valence-corrected chi connectivity index (χ3v) is 2.34. The highest BCUT2D eigenvalue weighted by Gasteiger charge is 2.09. The molecular formula is C9H11ClFN. The molecule has 1 atom stereocenters. The van der Waals surface area contributed by atoms with Crippen molar-refractivity contribution >= 4 is 11.6 Å². The van der Waals surface area contributed by atoms with Crippen molar-refractivity contribution in [3.05, 3.63) is 34.1 Å². The maximum absolute atomic E-state index is 12.9. The molecule has 0 saturated carbocycles. The summed E-state index contributed by atoms with van der Waals surface area (Å²) in [4.78, 5) is 0. The zero-order valence-electron chi connectivity index (χ0n) is 7.07. The van der Waals surface area contributed by atoms with E-state index >= 15 is 0 Å². The van der Waals surface area contributed by atoms with Crippen molar-refractivity contribution in [3.8, 4) is 0 Å². The molecule has 0 heterocycles. The summed E-state index contributed by atoms with van der Waals surface area (Å²) in [6, 6.07) is 2.90. The van der Waals surface area contributed by atoms with Crippen LogP contribution in [0.1, 0.15) is 24.1 Å². The quantitative estimate of drug-likeness (QED) is 0.719. The van der Waals surface area contributed by atoms with E-state index in [-0.39, 0.29) is 11.1 Å². The van der Waals surface area contributed by atoms with Crippen molar-refractivity contribution in [1.29, 1.82) is 0 Å². The van der Waals surface area contributed by atoms with E-state index in [1.165, 1.54) is 6.07 Å². The number of hydrogen-bond acceptors (Lipinski definition) is 1. The van der Waals surface area contributed by atoms with Gasteiger partial charge in [-0.3, -0.25) is 0 Å². The predicted octanol–water partition coefficient (Wildman–Crippen LogP) is 2.81. The molecule has 0 fully saturated rings. The van der Waals surface area contributed by atoms with E-state index in [0.29, 0.717) is 0 Å². The van der Waals surface area contributed by atoms with E-state index in [2.05, 4.69) is 0 Å². The second-order valence-electron chi connectivity index (χ2n) is 2.86. The largest absolute Gasteiger partial charge is 0.324 e. The van der Waals surface area contributed by atoms with Crippen LogP contribution in [0.5, 0.6) is 0 Å². The lowest BCUT2D eigenvalue weighted by molar-refractivity contribution is 0.624. The number of hydrogen-bond donors (Lipinski definition) is 1. The number of nitrogens with two attached hydrogens (primary N) is 1. The molecule has 66 valence electrons. The van der Waals surface area contributed by atoms with Crippen molar-refractivity contribution in [1.82, 2.24) is 0 Å².